The zero-order valence-electron chi connectivity index (χ0n) is 10.3. The lowest BCUT2D eigenvalue weighted by atomic mass is 10.0. The number of nitrogens with one attached hydrogen (secondary N) is 1. The van der Waals surface area contributed by atoms with E-state index < -0.39 is 12.1 Å². The van der Waals surface area contributed by atoms with Crippen molar-refractivity contribution >= 4 is 11.7 Å². The summed E-state index contributed by atoms with van der Waals surface area (Å²) in [5, 5.41) is 14.3. The van der Waals surface area contributed by atoms with Crippen LogP contribution in [0.2, 0.25) is 0 Å². The Hall–Kier alpha value is -1.30. The number of hydrogen-bond donors (Lipinski definition) is 3. The first-order valence-electron chi connectivity index (χ1n) is 5.99. The fourth-order valence-corrected chi connectivity index (χ4v) is 1.94. The number of carbonyl (C=O) groups excluding carboxylic acids is 1. The summed E-state index contributed by atoms with van der Waals surface area (Å²) < 4.78 is 5.36. The van der Waals surface area contributed by atoms with Crippen LogP contribution in [-0.2, 0) is 9.53 Å². The molecule has 1 fully saturated rings. The third-order valence-electron chi connectivity index (χ3n) is 3.01. The molecule has 0 bridgehead atoms. The van der Waals surface area contributed by atoms with Crippen LogP contribution in [0.1, 0.15) is 33.1 Å². The highest BCUT2D eigenvalue weighted by atomic mass is 16.5. The fourth-order valence-electron chi connectivity index (χ4n) is 1.94. The van der Waals surface area contributed by atoms with Crippen LogP contribution in [0.25, 0.3) is 0 Å². The summed E-state index contributed by atoms with van der Waals surface area (Å²) >= 11 is 0. The number of carbonyl (C=O) groups is 1. The Bertz CT molecular complexity index is 294. The first kappa shape index (κ1) is 13.8. The lowest BCUT2D eigenvalue weighted by Crippen LogP contribution is -2.49. The number of amides is 1. The van der Waals surface area contributed by atoms with Crippen LogP contribution in [0.4, 0.5) is 0 Å². The molecular formula is C11H21N3O3. The molecule has 1 rings (SSSR count). The molecule has 4 N–H and O–H groups in total. The number of amidine groups is 1. The first-order chi connectivity index (χ1) is 8.10. The maximum absolute atomic E-state index is 11.9. The van der Waals surface area contributed by atoms with Crippen molar-refractivity contribution in [1.29, 1.82) is 0 Å². The summed E-state index contributed by atoms with van der Waals surface area (Å²) in [4.78, 5) is 11.9. The van der Waals surface area contributed by atoms with Gasteiger partial charge in [0.15, 0.2) is 5.84 Å². The van der Waals surface area contributed by atoms with Gasteiger partial charge in [-0.25, -0.2) is 0 Å². The molecule has 1 aliphatic rings. The maximum atomic E-state index is 11.9. The highest BCUT2D eigenvalue weighted by Gasteiger charge is 2.32. The van der Waals surface area contributed by atoms with Gasteiger partial charge < -0.3 is 21.0 Å². The van der Waals surface area contributed by atoms with Crippen LogP contribution in [0.15, 0.2) is 5.16 Å². The van der Waals surface area contributed by atoms with Crippen LogP contribution in [-0.4, -0.2) is 35.7 Å². The van der Waals surface area contributed by atoms with E-state index in [0.717, 1.165) is 12.8 Å². The van der Waals surface area contributed by atoms with Crippen LogP contribution < -0.4 is 11.1 Å². The van der Waals surface area contributed by atoms with E-state index in [2.05, 4.69) is 10.5 Å². The molecule has 3 unspecified atom stereocenters. The second kappa shape index (κ2) is 6.44. The molecule has 98 valence electrons. The van der Waals surface area contributed by atoms with Crippen molar-refractivity contribution in [3.05, 3.63) is 0 Å². The zero-order chi connectivity index (χ0) is 12.8. The van der Waals surface area contributed by atoms with Gasteiger partial charge in [0.05, 0.1) is 6.04 Å². The number of nitrogens with two attached hydrogens (primary N) is 1. The van der Waals surface area contributed by atoms with Gasteiger partial charge in [0.25, 0.3) is 0 Å². The zero-order valence-corrected chi connectivity index (χ0v) is 10.3. The monoisotopic (exact) mass is 243 g/mol. The van der Waals surface area contributed by atoms with Gasteiger partial charge in [-0.3, -0.25) is 4.79 Å². The Kier molecular flexibility index (Phi) is 5.21. The quantitative estimate of drug-likeness (QED) is 0.282. The van der Waals surface area contributed by atoms with Crippen molar-refractivity contribution < 1.29 is 14.7 Å². The maximum Gasteiger partial charge on any atom is 0.250 e. The molecule has 0 saturated carbocycles. The largest absolute Gasteiger partial charge is 0.409 e. The van der Waals surface area contributed by atoms with Crippen molar-refractivity contribution in [3.63, 3.8) is 0 Å². The van der Waals surface area contributed by atoms with E-state index in [9.17, 15) is 4.79 Å². The molecule has 6 heteroatoms. The van der Waals surface area contributed by atoms with E-state index in [4.69, 9.17) is 15.7 Å². The minimum absolute atomic E-state index is 0.0332. The van der Waals surface area contributed by atoms with Crippen molar-refractivity contribution in [1.82, 2.24) is 5.32 Å². The van der Waals surface area contributed by atoms with E-state index in [1.165, 1.54) is 0 Å². The van der Waals surface area contributed by atoms with Gasteiger partial charge >= 0.3 is 0 Å². The predicted octanol–water partition coefficient (Wildman–Crippen LogP) is 0.443. The molecule has 0 spiro atoms. The normalized spacial score (nSPS) is 26.8. The van der Waals surface area contributed by atoms with Crippen molar-refractivity contribution in [3.8, 4) is 0 Å². The highest BCUT2D eigenvalue weighted by molar-refractivity contribution is 5.91. The number of ether oxygens (including phenoxy) is 1. The molecule has 3 atom stereocenters. The molecule has 0 aromatic heterocycles. The second-order valence-corrected chi connectivity index (χ2v) is 4.43. The molecular weight excluding hydrogens is 222 g/mol. The molecule has 1 amide bonds. The molecule has 6 nitrogen and oxygen atoms in total. The van der Waals surface area contributed by atoms with E-state index >= 15 is 0 Å². The number of hydrogen-bond acceptors (Lipinski definition) is 4. The number of rotatable bonds is 5. The molecule has 0 aliphatic carbocycles. The second-order valence-electron chi connectivity index (χ2n) is 4.43. The number of nitrogens with zero attached hydrogens (tertiary/aromatic N) is 1. The van der Waals surface area contributed by atoms with Gasteiger partial charge in [-0.05, 0) is 18.8 Å². The van der Waals surface area contributed by atoms with Gasteiger partial charge in [-0.1, -0.05) is 25.4 Å². The van der Waals surface area contributed by atoms with Gasteiger partial charge in [-0.2, -0.15) is 0 Å². The van der Waals surface area contributed by atoms with Crippen molar-refractivity contribution in [2.75, 3.05) is 6.61 Å². The minimum Gasteiger partial charge on any atom is -0.409 e. The first-order valence-corrected chi connectivity index (χ1v) is 5.99. The summed E-state index contributed by atoms with van der Waals surface area (Å²) in [5.74, 6) is 0.0652. The minimum atomic E-state index is -0.422. The average Bonchev–Trinajstić information content (AvgIpc) is 2.73. The Morgan fingerprint density at radius 2 is 2.41 bits per heavy atom. The molecule has 0 aromatic rings. The fraction of sp³-hybridized carbons (Fsp3) is 0.818. The summed E-state index contributed by atoms with van der Waals surface area (Å²) in [6.45, 7) is 4.56. The summed E-state index contributed by atoms with van der Waals surface area (Å²) in [7, 11) is 0. The van der Waals surface area contributed by atoms with Crippen LogP contribution in [0, 0.1) is 5.92 Å². The standard InChI is InChI=1S/C11H21N3O3/c1-3-4-8(10(12)14-16)13-11(15)9-7(2)5-6-17-9/h7-9,16H,3-6H2,1-2H3,(H2,12,14)(H,13,15). The van der Waals surface area contributed by atoms with Gasteiger partial charge in [0.1, 0.15) is 6.10 Å². The smallest absolute Gasteiger partial charge is 0.250 e. The Morgan fingerprint density at radius 1 is 1.71 bits per heavy atom. The Morgan fingerprint density at radius 3 is 2.88 bits per heavy atom. The van der Waals surface area contributed by atoms with Crippen LogP contribution >= 0.6 is 0 Å². The van der Waals surface area contributed by atoms with Crippen molar-refractivity contribution in [2.24, 2.45) is 16.8 Å². The molecule has 1 heterocycles. The molecule has 1 aliphatic heterocycles. The summed E-state index contributed by atoms with van der Waals surface area (Å²) in [6.07, 6.45) is 1.95. The van der Waals surface area contributed by atoms with Crippen LogP contribution in [0.5, 0.6) is 0 Å². The van der Waals surface area contributed by atoms with E-state index in [0.29, 0.717) is 13.0 Å². The Labute approximate surface area is 101 Å². The van der Waals surface area contributed by atoms with E-state index in [-0.39, 0.29) is 17.7 Å². The predicted molar refractivity (Wildman–Crippen MR) is 63.8 cm³/mol. The third kappa shape index (κ3) is 3.59. The molecule has 1 saturated heterocycles. The van der Waals surface area contributed by atoms with Gasteiger partial charge in [0, 0.05) is 6.61 Å². The lowest BCUT2D eigenvalue weighted by Gasteiger charge is -2.20. The highest BCUT2D eigenvalue weighted by Crippen LogP contribution is 2.20. The number of oxime groups is 1. The SMILES string of the molecule is CCCC(NC(=O)C1OCCC1C)C(N)=NO. The summed E-state index contributed by atoms with van der Waals surface area (Å²) in [6, 6.07) is -0.422. The molecule has 0 radical (unpaired) electrons. The third-order valence-corrected chi connectivity index (χ3v) is 3.01. The Balaban J connectivity index is 2.57. The van der Waals surface area contributed by atoms with E-state index in [1.54, 1.807) is 0 Å². The van der Waals surface area contributed by atoms with Crippen molar-refractivity contribution in [2.45, 2.75) is 45.3 Å². The lowest BCUT2D eigenvalue weighted by molar-refractivity contribution is -0.131. The molecule has 0 aromatic carbocycles. The van der Waals surface area contributed by atoms with Crippen LogP contribution in [0.3, 0.4) is 0 Å². The van der Waals surface area contributed by atoms with E-state index in [1.807, 2.05) is 13.8 Å². The summed E-state index contributed by atoms with van der Waals surface area (Å²) in [5.41, 5.74) is 5.53. The molecule has 17 heavy (non-hydrogen) atoms. The topological polar surface area (TPSA) is 96.9 Å². The van der Waals surface area contributed by atoms with Gasteiger partial charge in [0.2, 0.25) is 5.91 Å². The van der Waals surface area contributed by atoms with Gasteiger partial charge in [-0.15, -0.1) is 0 Å². The average molecular weight is 243 g/mol.